The van der Waals surface area contributed by atoms with Crippen LogP contribution in [0.1, 0.15) is 23.2 Å². The maximum Gasteiger partial charge on any atom is 0.339 e. The van der Waals surface area contributed by atoms with Gasteiger partial charge in [-0.1, -0.05) is 12.1 Å². The summed E-state index contributed by atoms with van der Waals surface area (Å²) in [7, 11) is 0. The van der Waals surface area contributed by atoms with Gasteiger partial charge >= 0.3 is 5.97 Å². The first-order chi connectivity index (χ1) is 16.6. The van der Waals surface area contributed by atoms with Gasteiger partial charge in [-0.25, -0.2) is 4.79 Å². The number of esters is 1. The Labute approximate surface area is 203 Å². The van der Waals surface area contributed by atoms with Crippen molar-refractivity contribution in [3.63, 3.8) is 0 Å². The van der Waals surface area contributed by atoms with E-state index in [-0.39, 0.29) is 11.7 Å². The highest BCUT2D eigenvalue weighted by molar-refractivity contribution is 8.00. The fourth-order valence-electron chi connectivity index (χ4n) is 3.94. The van der Waals surface area contributed by atoms with Crippen molar-refractivity contribution in [2.75, 3.05) is 62.0 Å². The van der Waals surface area contributed by atoms with Crippen LogP contribution < -0.4 is 10.2 Å². The zero-order valence-electron chi connectivity index (χ0n) is 19.0. The van der Waals surface area contributed by atoms with Gasteiger partial charge in [0, 0.05) is 42.4 Å². The highest BCUT2D eigenvalue weighted by Gasteiger charge is 2.20. The smallest absolute Gasteiger partial charge is 0.339 e. The lowest BCUT2D eigenvalue weighted by Gasteiger charge is -2.28. The Morgan fingerprint density at radius 1 is 0.941 bits per heavy atom. The highest BCUT2D eigenvalue weighted by Crippen LogP contribution is 2.24. The molecule has 0 bridgehead atoms. The summed E-state index contributed by atoms with van der Waals surface area (Å²) >= 11 is 1.32. The van der Waals surface area contributed by atoms with Gasteiger partial charge in [0.2, 0.25) is 5.91 Å². The molecule has 2 aliphatic rings. The quantitative estimate of drug-likeness (QED) is 0.456. The van der Waals surface area contributed by atoms with Crippen molar-refractivity contribution in [1.29, 1.82) is 0 Å². The Kier molecular flexibility index (Phi) is 8.43. The molecule has 180 valence electrons. The standard InChI is InChI=1S/C25H29N3O5S/c29-23(26-19-7-9-20(10-8-19)27-13-15-32-16-14-27)17-33-25(31)21-5-1-2-6-22(21)34-18-24(30)28-11-3-4-12-28/h1-2,5-10H,3-4,11-18H2,(H,26,29). The average Bonchev–Trinajstić information content (AvgIpc) is 3.42. The van der Waals surface area contributed by atoms with E-state index in [1.54, 1.807) is 18.2 Å². The Hall–Kier alpha value is -3.04. The molecule has 0 aromatic heterocycles. The first-order valence-electron chi connectivity index (χ1n) is 11.5. The summed E-state index contributed by atoms with van der Waals surface area (Å²) in [5, 5.41) is 2.75. The number of nitrogens with one attached hydrogen (secondary N) is 1. The van der Waals surface area contributed by atoms with Gasteiger partial charge in [-0.15, -0.1) is 11.8 Å². The molecule has 4 rings (SSSR count). The topological polar surface area (TPSA) is 88.2 Å². The first-order valence-corrected chi connectivity index (χ1v) is 12.5. The summed E-state index contributed by atoms with van der Waals surface area (Å²) in [4.78, 5) is 42.0. The van der Waals surface area contributed by atoms with E-state index in [2.05, 4.69) is 10.2 Å². The fourth-order valence-corrected chi connectivity index (χ4v) is 4.88. The van der Waals surface area contributed by atoms with Gasteiger partial charge in [-0.2, -0.15) is 0 Å². The third kappa shape index (κ3) is 6.51. The molecule has 2 aliphatic heterocycles. The van der Waals surface area contributed by atoms with Crippen molar-refractivity contribution in [2.24, 2.45) is 0 Å². The molecular formula is C25H29N3O5S. The van der Waals surface area contributed by atoms with E-state index in [1.165, 1.54) is 11.8 Å². The number of nitrogens with zero attached hydrogens (tertiary/aromatic N) is 2. The molecule has 2 saturated heterocycles. The van der Waals surface area contributed by atoms with Gasteiger partial charge < -0.3 is 24.6 Å². The number of amides is 2. The van der Waals surface area contributed by atoms with Crippen LogP contribution in [0.25, 0.3) is 0 Å². The van der Waals surface area contributed by atoms with Crippen LogP contribution in [0.15, 0.2) is 53.4 Å². The van der Waals surface area contributed by atoms with E-state index in [9.17, 15) is 14.4 Å². The first kappa shape index (κ1) is 24.1. The van der Waals surface area contributed by atoms with Gasteiger partial charge in [0.1, 0.15) is 0 Å². The lowest BCUT2D eigenvalue weighted by molar-refractivity contribution is -0.127. The molecule has 9 heteroatoms. The molecule has 8 nitrogen and oxygen atoms in total. The van der Waals surface area contributed by atoms with Crippen molar-refractivity contribution in [3.05, 3.63) is 54.1 Å². The predicted molar refractivity (Wildman–Crippen MR) is 131 cm³/mol. The molecule has 2 heterocycles. The van der Waals surface area contributed by atoms with Gasteiger partial charge in [0.05, 0.1) is 24.5 Å². The maximum atomic E-state index is 12.6. The SMILES string of the molecule is O=C(COC(=O)c1ccccc1SCC(=O)N1CCCC1)Nc1ccc(N2CCOCC2)cc1. The average molecular weight is 484 g/mol. The van der Waals surface area contributed by atoms with Gasteiger partial charge in [0.15, 0.2) is 6.61 Å². The predicted octanol–water partition coefficient (Wildman–Crippen LogP) is 3.03. The van der Waals surface area contributed by atoms with Crippen LogP contribution in [0, 0.1) is 0 Å². The van der Waals surface area contributed by atoms with Crippen molar-refractivity contribution in [2.45, 2.75) is 17.7 Å². The lowest BCUT2D eigenvalue weighted by atomic mass is 10.2. The number of rotatable bonds is 8. The molecular weight excluding hydrogens is 454 g/mol. The van der Waals surface area contributed by atoms with E-state index in [4.69, 9.17) is 9.47 Å². The second-order valence-corrected chi connectivity index (χ2v) is 9.16. The van der Waals surface area contributed by atoms with Crippen molar-refractivity contribution in [1.82, 2.24) is 4.90 Å². The second kappa shape index (κ2) is 11.9. The number of carbonyl (C=O) groups excluding carboxylic acids is 3. The van der Waals surface area contributed by atoms with Crippen LogP contribution in [-0.4, -0.2) is 74.4 Å². The van der Waals surface area contributed by atoms with E-state index in [1.807, 2.05) is 35.2 Å². The largest absolute Gasteiger partial charge is 0.452 e. The number of ether oxygens (including phenoxy) is 2. The lowest BCUT2D eigenvalue weighted by Crippen LogP contribution is -2.36. The summed E-state index contributed by atoms with van der Waals surface area (Å²) in [5.41, 5.74) is 2.06. The Morgan fingerprint density at radius 2 is 1.65 bits per heavy atom. The molecule has 0 saturated carbocycles. The summed E-state index contributed by atoms with van der Waals surface area (Å²) < 4.78 is 10.6. The summed E-state index contributed by atoms with van der Waals surface area (Å²) in [6, 6.07) is 14.5. The highest BCUT2D eigenvalue weighted by atomic mass is 32.2. The minimum absolute atomic E-state index is 0.0738. The third-order valence-electron chi connectivity index (χ3n) is 5.78. The minimum atomic E-state index is -0.588. The van der Waals surface area contributed by atoms with Crippen molar-refractivity contribution >= 4 is 40.9 Å². The fraction of sp³-hybridized carbons (Fsp3) is 0.400. The van der Waals surface area contributed by atoms with Crippen LogP contribution in [0.3, 0.4) is 0 Å². The van der Waals surface area contributed by atoms with Gasteiger partial charge in [0.25, 0.3) is 5.91 Å². The second-order valence-electron chi connectivity index (χ2n) is 8.14. The molecule has 0 spiro atoms. The van der Waals surface area contributed by atoms with Crippen LogP contribution in [0.2, 0.25) is 0 Å². The molecule has 2 aromatic rings. The molecule has 0 aliphatic carbocycles. The van der Waals surface area contributed by atoms with Gasteiger partial charge in [-0.05, 0) is 49.2 Å². The van der Waals surface area contributed by atoms with Crippen LogP contribution in [-0.2, 0) is 19.1 Å². The van der Waals surface area contributed by atoms with Crippen molar-refractivity contribution in [3.8, 4) is 0 Å². The van der Waals surface area contributed by atoms with Gasteiger partial charge in [-0.3, -0.25) is 9.59 Å². The summed E-state index contributed by atoms with van der Waals surface area (Å²) in [6.45, 7) is 4.31. The van der Waals surface area contributed by atoms with Crippen molar-refractivity contribution < 1.29 is 23.9 Å². The summed E-state index contributed by atoms with van der Waals surface area (Å²) in [5.74, 6) is -0.661. The molecule has 2 fully saturated rings. The van der Waals surface area contributed by atoms with E-state index in [0.717, 1.165) is 44.7 Å². The number of thioether (sulfide) groups is 1. The molecule has 2 amide bonds. The van der Waals surface area contributed by atoms with E-state index < -0.39 is 18.5 Å². The third-order valence-corrected chi connectivity index (χ3v) is 6.84. The van der Waals surface area contributed by atoms with E-state index in [0.29, 0.717) is 29.4 Å². The molecule has 0 radical (unpaired) electrons. The Balaban J connectivity index is 1.26. The minimum Gasteiger partial charge on any atom is -0.452 e. The summed E-state index contributed by atoms with van der Waals surface area (Å²) in [6.07, 6.45) is 2.08. The van der Waals surface area contributed by atoms with Crippen LogP contribution in [0.4, 0.5) is 11.4 Å². The zero-order valence-corrected chi connectivity index (χ0v) is 19.9. The number of hydrogen-bond donors (Lipinski definition) is 1. The number of carbonyl (C=O) groups is 3. The monoisotopic (exact) mass is 483 g/mol. The van der Waals surface area contributed by atoms with Crippen LogP contribution >= 0.6 is 11.8 Å². The normalized spacial score (nSPS) is 15.8. The van der Waals surface area contributed by atoms with Crippen LogP contribution in [0.5, 0.6) is 0 Å². The van der Waals surface area contributed by atoms with E-state index >= 15 is 0 Å². The Morgan fingerprint density at radius 3 is 2.38 bits per heavy atom. The molecule has 34 heavy (non-hydrogen) atoms. The number of morpholine rings is 1. The maximum absolute atomic E-state index is 12.6. The number of likely N-dealkylation sites (tertiary alicyclic amines) is 1. The number of benzene rings is 2. The number of anilines is 2. The zero-order chi connectivity index (χ0) is 23.8. The number of hydrogen-bond acceptors (Lipinski definition) is 7. The Bertz CT molecular complexity index is 1000. The molecule has 2 aromatic carbocycles. The molecule has 0 unspecified atom stereocenters. The molecule has 1 N–H and O–H groups in total. The molecule has 0 atom stereocenters.